The van der Waals surface area contributed by atoms with Gasteiger partial charge in [-0.05, 0) is 43.2 Å². The van der Waals surface area contributed by atoms with Crippen molar-refractivity contribution < 1.29 is 18.0 Å². The maximum atomic E-state index is 12.0. The first kappa shape index (κ1) is 18.7. The van der Waals surface area contributed by atoms with E-state index in [1.165, 1.54) is 29.8 Å². The van der Waals surface area contributed by atoms with Crippen molar-refractivity contribution >= 4 is 27.5 Å². The van der Waals surface area contributed by atoms with E-state index in [2.05, 4.69) is 5.32 Å². The summed E-state index contributed by atoms with van der Waals surface area (Å²) >= 11 is 0. The molecule has 0 unspecified atom stereocenters. The van der Waals surface area contributed by atoms with Crippen LogP contribution in [-0.4, -0.2) is 20.2 Å². The molecule has 0 bridgehead atoms. The second-order valence-corrected chi connectivity index (χ2v) is 7.40. The Bertz CT molecular complexity index is 857. The van der Waals surface area contributed by atoms with E-state index in [9.17, 15) is 18.0 Å². The van der Waals surface area contributed by atoms with E-state index in [4.69, 9.17) is 0 Å². The van der Waals surface area contributed by atoms with Crippen molar-refractivity contribution in [2.45, 2.75) is 31.6 Å². The van der Waals surface area contributed by atoms with Crippen LogP contribution in [0.5, 0.6) is 0 Å². The van der Waals surface area contributed by atoms with Crippen molar-refractivity contribution in [3.8, 4) is 0 Å². The summed E-state index contributed by atoms with van der Waals surface area (Å²) in [7, 11) is -3.87. The molecular formula is C18H20N2O4S. The number of carbonyl (C=O) groups is 2. The van der Waals surface area contributed by atoms with Crippen LogP contribution < -0.4 is 10.0 Å². The van der Waals surface area contributed by atoms with Crippen LogP contribution in [0, 0.1) is 6.92 Å². The summed E-state index contributed by atoms with van der Waals surface area (Å²) in [5.74, 6) is -0.813. The average Bonchev–Trinajstić information content (AvgIpc) is 2.54. The van der Waals surface area contributed by atoms with Crippen LogP contribution in [0.1, 0.15) is 24.5 Å². The third-order valence-electron chi connectivity index (χ3n) is 3.49. The van der Waals surface area contributed by atoms with Gasteiger partial charge in [0.25, 0.3) is 10.0 Å². The van der Waals surface area contributed by atoms with Crippen molar-refractivity contribution in [1.29, 1.82) is 0 Å². The van der Waals surface area contributed by atoms with Gasteiger partial charge in [-0.3, -0.25) is 9.59 Å². The van der Waals surface area contributed by atoms with Crippen molar-refractivity contribution in [2.75, 3.05) is 5.32 Å². The number of rotatable bonds is 6. The lowest BCUT2D eigenvalue weighted by Crippen LogP contribution is -2.28. The number of benzene rings is 2. The Morgan fingerprint density at radius 1 is 0.960 bits per heavy atom. The number of nitrogens with one attached hydrogen (secondary N) is 2. The highest BCUT2D eigenvalue weighted by atomic mass is 32.2. The summed E-state index contributed by atoms with van der Waals surface area (Å²) in [6.07, 6.45) is 0.954. The molecule has 25 heavy (non-hydrogen) atoms. The van der Waals surface area contributed by atoms with E-state index in [-0.39, 0.29) is 10.8 Å². The van der Waals surface area contributed by atoms with Crippen LogP contribution in [0.15, 0.2) is 53.4 Å². The van der Waals surface area contributed by atoms with Gasteiger partial charge in [0.15, 0.2) is 0 Å². The molecular weight excluding hydrogens is 340 g/mol. The highest BCUT2D eigenvalue weighted by molar-refractivity contribution is 7.90. The van der Waals surface area contributed by atoms with Crippen LogP contribution in [0.3, 0.4) is 0 Å². The number of hydrogen-bond donors (Lipinski definition) is 2. The molecule has 0 saturated heterocycles. The van der Waals surface area contributed by atoms with Gasteiger partial charge >= 0.3 is 0 Å². The van der Waals surface area contributed by atoms with Crippen molar-refractivity contribution in [1.82, 2.24) is 4.72 Å². The molecule has 0 heterocycles. The van der Waals surface area contributed by atoms with Gasteiger partial charge in [0.2, 0.25) is 11.8 Å². The normalized spacial score (nSPS) is 11.0. The quantitative estimate of drug-likeness (QED) is 0.827. The van der Waals surface area contributed by atoms with Crippen LogP contribution in [-0.2, 0) is 26.0 Å². The third-order valence-corrected chi connectivity index (χ3v) is 4.94. The van der Waals surface area contributed by atoms with Gasteiger partial charge < -0.3 is 5.32 Å². The minimum Gasteiger partial charge on any atom is -0.326 e. The predicted molar refractivity (Wildman–Crippen MR) is 95.6 cm³/mol. The summed E-state index contributed by atoms with van der Waals surface area (Å²) < 4.78 is 25.6. The van der Waals surface area contributed by atoms with E-state index in [0.29, 0.717) is 18.5 Å². The largest absolute Gasteiger partial charge is 0.326 e. The van der Waals surface area contributed by atoms with Gasteiger partial charge in [0, 0.05) is 19.0 Å². The molecule has 0 saturated carbocycles. The lowest BCUT2D eigenvalue weighted by atomic mass is 10.1. The molecule has 2 aromatic carbocycles. The first-order valence-electron chi connectivity index (χ1n) is 7.75. The van der Waals surface area contributed by atoms with Crippen LogP contribution in [0.25, 0.3) is 0 Å². The molecule has 0 spiro atoms. The Labute approximate surface area is 147 Å². The van der Waals surface area contributed by atoms with E-state index < -0.39 is 15.9 Å². The fourth-order valence-electron chi connectivity index (χ4n) is 2.20. The number of hydrogen-bond acceptors (Lipinski definition) is 4. The molecule has 2 aromatic rings. The standard InChI is InChI=1S/C18H20N2O4S/c1-13-3-5-15(6-4-13)7-12-18(22)19-16-8-10-17(11-9-16)25(23,24)20-14(2)21/h3-6,8-11H,7,12H2,1-2H3,(H,19,22)(H,20,21). The Morgan fingerprint density at radius 3 is 2.12 bits per heavy atom. The van der Waals surface area contributed by atoms with Crippen LogP contribution in [0.2, 0.25) is 0 Å². The van der Waals surface area contributed by atoms with E-state index in [1.54, 1.807) is 0 Å². The Balaban J connectivity index is 1.93. The molecule has 2 N–H and O–H groups in total. The number of anilines is 1. The average molecular weight is 360 g/mol. The van der Waals surface area contributed by atoms with Gasteiger partial charge in [-0.1, -0.05) is 29.8 Å². The van der Waals surface area contributed by atoms with Gasteiger partial charge in [-0.15, -0.1) is 0 Å². The molecule has 0 radical (unpaired) electrons. The van der Waals surface area contributed by atoms with Gasteiger partial charge in [0.05, 0.1) is 4.90 Å². The van der Waals surface area contributed by atoms with Gasteiger partial charge in [-0.25, -0.2) is 13.1 Å². The molecule has 7 heteroatoms. The van der Waals surface area contributed by atoms with E-state index in [1.807, 2.05) is 35.9 Å². The fourth-order valence-corrected chi connectivity index (χ4v) is 3.19. The molecule has 6 nitrogen and oxygen atoms in total. The molecule has 0 aromatic heterocycles. The second kappa shape index (κ2) is 7.94. The molecule has 2 amide bonds. The molecule has 0 aliphatic carbocycles. The SMILES string of the molecule is CC(=O)NS(=O)(=O)c1ccc(NC(=O)CCc2ccc(C)cc2)cc1. The van der Waals surface area contributed by atoms with Gasteiger partial charge in [0.1, 0.15) is 0 Å². The summed E-state index contributed by atoms with van der Waals surface area (Å²) in [4.78, 5) is 22.9. The summed E-state index contributed by atoms with van der Waals surface area (Å²) in [6, 6.07) is 13.6. The van der Waals surface area contributed by atoms with E-state index >= 15 is 0 Å². The lowest BCUT2D eigenvalue weighted by molar-refractivity contribution is -0.117. The Morgan fingerprint density at radius 2 is 1.56 bits per heavy atom. The maximum absolute atomic E-state index is 12.0. The maximum Gasteiger partial charge on any atom is 0.264 e. The topological polar surface area (TPSA) is 92.3 Å². The summed E-state index contributed by atoms with van der Waals surface area (Å²) in [5, 5.41) is 2.72. The Kier molecular flexibility index (Phi) is 5.93. The molecule has 132 valence electrons. The number of amides is 2. The molecule has 0 aliphatic heterocycles. The molecule has 2 rings (SSSR count). The first-order valence-corrected chi connectivity index (χ1v) is 9.23. The minimum atomic E-state index is -3.87. The Hall–Kier alpha value is -2.67. The van der Waals surface area contributed by atoms with Crippen LogP contribution >= 0.6 is 0 Å². The highest BCUT2D eigenvalue weighted by Gasteiger charge is 2.15. The highest BCUT2D eigenvalue weighted by Crippen LogP contribution is 2.14. The smallest absolute Gasteiger partial charge is 0.264 e. The zero-order chi connectivity index (χ0) is 18.4. The van der Waals surface area contributed by atoms with E-state index in [0.717, 1.165) is 12.5 Å². The monoisotopic (exact) mass is 360 g/mol. The zero-order valence-electron chi connectivity index (χ0n) is 14.1. The molecule has 0 atom stereocenters. The molecule has 0 aliphatic rings. The second-order valence-electron chi connectivity index (χ2n) is 5.72. The summed E-state index contributed by atoms with van der Waals surface area (Å²) in [6.45, 7) is 3.13. The van der Waals surface area contributed by atoms with Crippen molar-refractivity contribution in [2.24, 2.45) is 0 Å². The summed E-state index contributed by atoms with van der Waals surface area (Å²) in [5.41, 5.74) is 2.75. The number of carbonyl (C=O) groups excluding carboxylic acids is 2. The van der Waals surface area contributed by atoms with Crippen molar-refractivity contribution in [3.63, 3.8) is 0 Å². The number of sulfonamides is 1. The molecule has 0 fully saturated rings. The predicted octanol–water partition coefficient (Wildman–Crippen LogP) is 2.39. The lowest BCUT2D eigenvalue weighted by Gasteiger charge is -2.08. The first-order chi connectivity index (χ1) is 11.8. The fraction of sp³-hybridized carbons (Fsp3) is 0.222. The third kappa shape index (κ3) is 5.72. The van der Waals surface area contributed by atoms with Gasteiger partial charge in [-0.2, -0.15) is 0 Å². The zero-order valence-corrected chi connectivity index (χ0v) is 14.9. The van der Waals surface area contributed by atoms with Crippen LogP contribution in [0.4, 0.5) is 5.69 Å². The number of aryl methyl sites for hydroxylation is 2. The van der Waals surface area contributed by atoms with Crippen molar-refractivity contribution in [3.05, 3.63) is 59.7 Å². The minimum absolute atomic E-state index is 0.0413.